The molecule has 0 saturated carbocycles. The maximum absolute atomic E-state index is 13.6. The molecular weight excluding hydrogens is 249 g/mol. The van der Waals surface area contributed by atoms with Crippen LogP contribution in [-0.4, -0.2) is 6.54 Å². The molecule has 2 aromatic carbocycles. The van der Waals surface area contributed by atoms with E-state index in [4.69, 9.17) is 17.3 Å². The number of hydrogen-bond acceptors (Lipinski definition) is 1. The molecule has 2 rings (SSSR count). The van der Waals surface area contributed by atoms with Gasteiger partial charge in [0, 0.05) is 10.9 Å². The molecule has 1 unspecified atom stereocenters. The summed E-state index contributed by atoms with van der Waals surface area (Å²) in [7, 11) is 0. The normalized spacial score (nSPS) is 12.4. The summed E-state index contributed by atoms with van der Waals surface area (Å²) >= 11 is 5.97. The van der Waals surface area contributed by atoms with Gasteiger partial charge in [-0.25, -0.2) is 4.39 Å². The highest BCUT2D eigenvalue weighted by Crippen LogP contribution is 2.23. The average Bonchev–Trinajstić information content (AvgIpc) is 2.38. The number of benzene rings is 2. The molecule has 0 radical (unpaired) electrons. The number of rotatable bonds is 4. The Labute approximate surface area is 111 Å². The van der Waals surface area contributed by atoms with E-state index in [1.54, 1.807) is 12.1 Å². The van der Waals surface area contributed by atoms with E-state index in [1.165, 1.54) is 6.07 Å². The maximum Gasteiger partial charge on any atom is 0.126 e. The van der Waals surface area contributed by atoms with Crippen LogP contribution < -0.4 is 5.73 Å². The summed E-state index contributed by atoms with van der Waals surface area (Å²) in [5.41, 5.74) is 7.52. The predicted molar refractivity (Wildman–Crippen MR) is 73.4 cm³/mol. The summed E-state index contributed by atoms with van der Waals surface area (Å²) in [4.78, 5) is 0. The highest BCUT2D eigenvalue weighted by Gasteiger charge is 2.13. The van der Waals surface area contributed by atoms with Crippen LogP contribution in [-0.2, 0) is 6.42 Å². The fraction of sp³-hybridized carbons (Fsp3) is 0.200. The Balaban J connectivity index is 2.23. The molecule has 0 spiro atoms. The zero-order valence-electron chi connectivity index (χ0n) is 9.94. The Morgan fingerprint density at radius 3 is 2.56 bits per heavy atom. The van der Waals surface area contributed by atoms with E-state index in [0.29, 0.717) is 23.6 Å². The minimum atomic E-state index is -0.182. The third-order valence-corrected chi connectivity index (χ3v) is 3.26. The Morgan fingerprint density at radius 2 is 1.89 bits per heavy atom. The molecule has 0 amide bonds. The van der Waals surface area contributed by atoms with Gasteiger partial charge in [0.25, 0.3) is 0 Å². The van der Waals surface area contributed by atoms with Crippen molar-refractivity contribution in [1.82, 2.24) is 0 Å². The van der Waals surface area contributed by atoms with Gasteiger partial charge in [-0.05, 0) is 42.3 Å². The van der Waals surface area contributed by atoms with Crippen molar-refractivity contribution in [3.05, 3.63) is 70.5 Å². The molecule has 0 aromatic heterocycles. The largest absolute Gasteiger partial charge is 0.330 e. The molecule has 0 fully saturated rings. The van der Waals surface area contributed by atoms with Gasteiger partial charge in [0.15, 0.2) is 0 Å². The minimum absolute atomic E-state index is 0.0839. The van der Waals surface area contributed by atoms with Gasteiger partial charge in [0.05, 0.1) is 0 Å². The van der Waals surface area contributed by atoms with Gasteiger partial charge in [-0.15, -0.1) is 0 Å². The molecular formula is C15H15ClFN. The molecule has 0 aliphatic heterocycles. The summed E-state index contributed by atoms with van der Waals surface area (Å²) in [6.07, 6.45) is 0.587. The van der Waals surface area contributed by atoms with Crippen molar-refractivity contribution in [2.24, 2.45) is 5.73 Å². The van der Waals surface area contributed by atoms with Crippen LogP contribution in [0.4, 0.5) is 4.39 Å². The van der Waals surface area contributed by atoms with Gasteiger partial charge in [-0.1, -0.05) is 41.9 Å². The predicted octanol–water partition coefficient (Wildman–Crippen LogP) is 3.76. The van der Waals surface area contributed by atoms with Crippen LogP contribution in [0.1, 0.15) is 17.0 Å². The smallest absolute Gasteiger partial charge is 0.126 e. The zero-order chi connectivity index (χ0) is 13.0. The Kier molecular flexibility index (Phi) is 4.34. The number of halogens is 2. The van der Waals surface area contributed by atoms with Gasteiger partial charge >= 0.3 is 0 Å². The molecule has 18 heavy (non-hydrogen) atoms. The lowest BCUT2D eigenvalue weighted by atomic mass is 9.92. The van der Waals surface area contributed by atoms with Crippen LogP contribution in [0.15, 0.2) is 48.5 Å². The van der Waals surface area contributed by atoms with Crippen LogP contribution >= 0.6 is 11.6 Å². The van der Waals surface area contributed by atoms with Crippen molar-refractivity contribution < 1.29 is 4.39 Å². The lowest BCUT2D eigenvalue weighted by Gasteiger charge is -2.16. The van der Waals surface area contributed by atoms with Crippen molar-refractivity contribution in [2.45, 2.75) is 12.3 Å². The first-order valence-corrected chi connectivity index (χ1v) is 6.27. The number of nitrogens with two attached hydrogens (primary N) is 1. The fourth-order valence-electron chi connectivity index (χ4n) is 2.03. The number of hydrogen-bond donors (Lipinski definition) is 1. The van der Waals surface area contributed by atoms with E-state index in [2.05, 4.69) is 0 Å². The van der Waals surface area contributed by atoms with Gasteiger partial charge < -0.3 is 5.73 Å². The zero-order valence-corrected chi connectivity index (χ0v) is 10.7. The van der Waals surface area contributed by atoms with Crippen molar-refractivity contribution in [3.8, 4) is 0 Å². The van der Waals surface area contributed by atoms with Crippen molar-refractivity contribution in [3.63, 3.8) is 0 Å². The van der Waals surface area contributed by atoms with Gasteiger partial charge in [0.1, 0.15) is 5.82 Å². The first-order valence-electron chi connectivity index (χ1n) is 5.89. The average molecular weight is 264 g/mol. The van der Waals surface area contributed by atoms with Crippen LogP contribution in [0.3, 0.4) is 0 Å². The molecule has 94 valence electrons. The highest BCUT2D eigenvalue weighted by molar-refractivity contribution is 6.30. The molecule has 2 N–H and O–H groups in total. The molecule has 2 aromatic rings. The second kappa shape index (κ2) is 5.98. The quantitative estimate of drug-likeness (QED) is 0.893. The molecule has 0 aliphatic rings. The Bertz CT molecular complexity index is 527. The molecule has 0 aliphatic carbocycles. The van der Waals surface area contributed by atoms with E-state index >= 15 is 0 Å². The third-order valence-electron chi connectivity index (χ3n) is 3.03. The minimum Gasteiger partial charge on any atom is -0.330 e. The topological polar surface area (TPSA) is 26.0 Å². The summed E-state index contributed by atoms with van der Waals surface area (Å²) < 4.78 is 13.6. The summed E-state index contributed by atoms with van der Waals surface area (Å²) in [6.45, 7) is 0.467. The lowest BCUT2D eigenvalue weighted by molar-refractivity contribution is 0.590. The summed E-state index contributed by atoms with van der Waals surface area (Å²) in [5.74, 6) is -0.0985. The van der Waals surface area contributed by atoms with Crippen molar-refractivity contribution >= 4 is 11.6 Å². The third kappa shape index (κ3) is 3.09. The van der Waals surface area contributed by atoms with Gasteiger partial charge in [0.2, 0.25) is 0 Å². The second-order valence-electron chi connectivity index (χ2n) is 4.28. The van der Waals surface area contributed by atoms with Gasteiger partial charge in [-0.3, -0.25) is 0 Å². The monoisotopic (exact) mass is 263 g/mol. The molecule has 0 saturated heterocycles. The first kappa shape index (κ1) is 13.1. The molecule has 0 bridgehead atoms. The van der Waals surface area contributed by atoms with E-state index < -0.39 is 0 Å². The molecule has 1 atom stereocenters. The van der Waals surface area contributed by atoms with Crippen LogP contribution in [0.2, 0.25) is 5.02 Å². The molecule has 0 heterocycles. The Morgan fingerprint density at radius 1 is 1.11 bits per heavy atom. The fourth-order valence-corrected chi connectivity index (χ4v) is 2.23. The standard InChI is InChI=1S/C15H15ClFN/c16-14-6-3-5-11(9-14)13(10-18)8-12-4-1-2-7-15(12)17/h1-7,9,13H,8,10,18H2. The first-order chi connectivity index (χ1) is 8.70. The Hall–Kier alpha value is -1.38. The van der Waals surface area contributed by atoms with Crippen molar-refractivity contribution in [1.29, 1.82) is 0 Å². The van der Waals surface area contributed by atoms with Crippen LogP contribution in [0.25, 0.3) is 0 Å². The summed E-state index contributed by atoms with van der Waals surface area (Å²) in [6, 6.07) is 14.4. The lowest BCUT2D eigenvalue weighted by Crippen LogP contribution is -2.15. The van der Waals surface area contributed by atoms with Gasteiger partial charge in [-0.2, -0.15) is 0 Å². The molecule has 1 nitrogen and oxygen atoms in total. The van der Waals surface area contributed by atoms with Crippen LogP contribution in [0.5, 0.6) is 0 Å². The van der Waals surface area contributed by atoms with E-state index in [1.807, 2.05) is 30.3 Å². The van der Waals surface area contributed by atoms with E-state index in [9.17, 15) is 4.39 Å². The maximum atomic E-state index is 13.6. The second-order valence-corrected chi connectivity index (χ2v) is 4.72. The van der Waals surface area contributed by atoms with E-state index in [-0.39, 0.29) is 11.7 Å². The van der Waals surface area contributed by atoms with Crippen molar-refractivity contribution in [2.75, 3.05) is 6.54 Å². The van der Waals surface area contributed by atoms with E-state index in [0.717, 1.165) is 5.56 Å². The molecule has 3 heteroatoms. The highest BCUT2D eigenvalue weighted by atomic mass is 35.5. The summed E-state index contributed by atoms with van der Waals surface area (Å²) in [5, 5.41) is 0.680. The SMILES string of the molecule is NCC(Cc1ccccc1F)c1cccc(Cl)c1. The van der Waals surface area contributed by atoms with Crippen LogP contribution in [0, 0.1) is 5.82 Å².